The van der Waals surface area contributed by atoms with Crippen molar-refractivity contribution >= 4 is 11.6 Å². The molecular weight excluding hydrogens is 444 g/mol. The van der Waals surface area contributed by atoms with E-state index >= 15 is 0 Å². The van der Waals surface area contributed by atoms with Crippen LogP contribution in [0.25, 0.3) is 17.0 Å². The smallest absolute Gasteiger partial charge is 0.280 e. The average molecular weight is 465 g/mol. The number of alkyl halides is 2. The summed E-state index contributed by atoms with van der Waals surface area (Å²) in [4.78, 5) is 36.4. The molecule has 2 atom stereocenters. The number of aromatic nitrogens is 6. The van der Waals surface area contributed by atoms with Crippen molar-refractivity contribution in [2.45, 2.75) is 38.3 Å². The SMILES string of the molecule is C[C@@H]1CC[C@@H](Oc2nccn3c(C(F)F)cnc23)CN1C(=O)c1nccnc1-c1ccccn1. The number of nitrogens with zero attached hydrogens (tertiary/aromatic N) is 7. The molecule has 4 aromatic heterocycles. The molecule has 0 saturated carbocycles. The van der Waals surface area contributed by atoms with Crippen LogP contribution in [0.4, 0.5) is 8.78 Å². The zero-order chi connectivity index (χ0) is 23.7. The van der Waals surface area contributed by atoms with Gasteiger partial charge in [-0.15, -0.1) is 0 Å². The lowest BCUT2D eigenvalue weighted by molar-refractivity contribution is 0.0371. The summed E-state index contributed by atoms with van der Waals surface area (Å²) in [6.45, 7) is 2.25. The lowest BCUT2D eigenvalue weighted by Crippen LogP contribution is -2.49. The summed E-state index contributed by atoms with van der Waals surface area (Å²) in [5.74, 6) is -0.128. The number of fused-ring (bicyclic) bond motifs is 1. The van der Waals surface area contributed by atoms with Gasteiger partial charge >= 0.3 is 0 Å². The fourth-order valence-electron chi connectivity index (χ4n) is 4.09. The van der Waals surface area contributed by atoms with Crippen LogP contribution < -0.4 is 4.74 Å². The number of pyridine rings is 1. The molecule has 0 radical (unpaired) electrons. The van der Waals surface area contributed by atoms with Crippen molar-refractivity contribution in [1.29, 1.82) is 0 Å². The summed E-state index contributed by atoms with van der Waals surface area (Å²) in [6, 6.07) is 5.33. The second-order valence-corrected chi connectivity index (χ2v) is 8.00. The lowest BCUT2D eigenvalue weighted by Gasteiger charge is -2.37. The van der Waals surface area contributed by atoms with Crippen LogP contribution in [-0.4, -0.2) is 58.8 Å². The Hall–Kier alpha value is -4.02. The zero-order valence-electron chi connectivity index (χ0n) is 18.3. The number of ether oxygens (including phenoxy) is 1. The maximum absolute atomic E-state index is 13.5. The Morgan fingerprint density at radius 1 is 1.06 bits per heavy atom. The number of piperidine rings is 1. The molecule has 1 aliphatic heterocycles. The van der Waals surface area contributed by atoms with E-state index < -0.39 is 6.43 Å². The highest BCUT2D eigenvalue weighted by atomic mass is 19.3. The van der Waals surface area contributed by atoms with Crippen molar-refractivity contribution in [1.82, 2.24) is 34.2 Å². The molecule has 0 bridgehead atoms. The van der Waals surface area contributed by atoms with E-state index in [1.165, 1.54) is 29.2 Å². The molecule has 1 aliphatic rings. The van der Waals surface area contributed by atoms with Crippen LogP contribution in [0, 0.1) is 0 Å². The van der Waals surface area contributed by atoms with Gasteiger partial charge in [-0.25, -0.2) is 23.7 Å². The normalized spacial score (nSPS) is 18.4. The van der Waals surface area contributed by atoms with Crippen LogP contribution in [0.5, 0.6) is 5.88 Å². The first-order valence-electron chi connectivity index (χ1n) is 10.8. The first-order chi connectivity index (χ1) is 16.5. The third kappa shape index (κ3) is 4.04. The van der Waals surface area contributed by atoms with E-state index in [-0.39, 0.29) is 47.5 Å². The third-order valence-electron chi connectivity index (χ3n) is 5.83. The minimum absolute atomic E-state index is 0.0495. The molecule has 5 rings (SSSR count). The first kappa shape index (κ1) is 21.8. The molecule has 9 nitrogen and oxygen atoms in total. The van der Waals surface area contributed by atoms with Crippen molar-refractivity contribution in [3.63, 3.8) is 0 Å². The van der Waals surface area contributed by atoms with Crippen LogP contribution in [0.3, 0.4) is 0 Å². The van der Waals surface area contributed by atoms with Gasteiger partial charge in [0.2, 0.25) is 5.65 Å². The van der Waals surface area contributed by atoms with E-state index in [4.69, 9.17) is 4.74 Å². The van der Waals surface area contributed by atoms with Crippen LogP contribution in [0.2, 0.25) is 0 Å². The predicted octanol–water partition coefficient (Wildman–Crippen LogP) is 3.59. The number of amides is 1. The number of hydrogen-bond donors (Lipinski definition) is 0. The highest BCUT2D eigenvalue weighted by molar-refractivity contribution is 5.97. The third-order valence-corrected chi connectivity index (χ3v) is 5.83. The molecule has 11 heteroatoms. The Labute approximate surface area is 193 Å². The average Bonchev–Trinajstić information content (AvgIpc) is 3.31. The first-order valence-corrected chi connectivity index (χ1v) is 10.8. The number of carbonyl (C=O) groups is 1. The van der Waals surface area contributed by atoms with Crippen molar-refractivity contribution in [3.05, 3.63) is 66.8 Å². The molecule has 5 heterocycles. The molecule has 0 spiro atoms. The summed E-state index contributed by atoms with van der Waals surface area (Å²) in [6.07, 6.45) is 6.86. The van der Waals surface area contributed by atoms with Gasteiger partial charge in [0.15, 0.2) is 5.69 Å². The molecule has 1 amide bonds. The zero-order valence-corrected chi connectivity index (χ0v) is 18.3. The van der Waals surface area contributed by atoms with Crippen molar-refractivity contribution in [2.75, 3.05) is 6.54 Å². The van der Waals surface area contributed by atoms with Gasteiger partial charge in [-0.2, -0.15) is 0 Å². The Morgan fingerprint density at radius 3 is 2.71 bits per heavy atom. The van der Waals surface area contributed by atoms with Gasteiger partial charge < -0.3 is 9.64 Å². The number of hydrogen-bond acceptors (Lipinski definition) is 7. The van der Waals surface area contributed by atoms with Gasteiger partial charge in [0.25, 0.3) is 18.2 Å². The van der Waals surface area contributed by atoms with E-state index in [0.717, 1.165) is 6.20 Å². The van der Waals surface area contributed by atoms with Gasteiger partial charge in [-0.1, -0.05) is 6.07 Å². The second-order valence-electron chi connectivity index (χ2n) is 8.00. The standard InChI is InChI=1S/C23H21F2N7O2/c1-14-5-6-15(34-22-21-30-12-17(20(24)25)31(21)11-10-29-22)13-32(14)23(33)19-18(27-8-9-28-19)16-4-2-3-7-26-16/h2-4,7-12,14-15,20H,5-6,13H2,1H3/t14-,15-/m1/s1. The summed E-state index contributed by atoms with van der Waals surface area (Å²) < 4.78 is 33.8. The van der Waals surface area contributed by atoms with Gasteiger partial charge in [0.05, 0.1) is 18.4 Å². The fraction of sp³-hybridized carbons (Fsp3) is 0.304. The Morgan fingerprint density at radius 2 is 1.91 bits per heavy atom. The Kier molecular flexibility index (Phi) is 5.83. The largest absolute Gasteiger partial charge is 0.470 e. The maximum atomic E-state index is 13.5. The molecular formula is C23H21F2N7O2. The molecule has 0 aromatic carbocycles. The van der Waals surface area contributed by atoms with Crippen LogP contribution >= 0.6 is 0 Å². The van der Waals surface area contributed by atoms with E-state index in [2.05, 4.69) is 24.9 Å². The molecule has 1 saturated heterocycles. The molecule has 1 fully saturated rings. The topological polar surface area (TPSA) is 98.4 Å². The highest BCUT2D eigenvalue weighted by Crippen LogP contribution is 2.28. The summed E-state index contributed by atoms with van der Waals surface area (Å²) in [5.41, 5.74) is 1.15. The monoisotopic (exact) mass is 465 g/mol. The predicted molar refractivity (Wildman–Crippen MR) is 117 cm³/mol. The van der Waals surface area contributed by atoms with Crippen LogP contribution in [-0.2, 0) is 0 Å². The van der Waals surface area contributed by atoms with Crippen LogP contribution in [0.1, 0.15) is 42.4 Å². The maximum Gasteiger partial charge on any atom is 0.280 e. The van der Waals surface area contributed by atoms with Crippen LogP contribution in [0.15, 0.2) is 55.4 Å². The van der Waals surface area contributed by atoms with E-state index in [9.17, 15) is 13.6 Å². The molecule has 0 aliphatic carbocycles. The fourth-order valence-corrected chi connectivity index (χ4v) is 4.09. The van der Waals surface area contributed by atoms with E-state index in [1.54, 1.807) is 23.2 Å². The van der Waals surface area contributed by atoms with E-state index in [1.807, 2.05) is 13.0 Å². The van der Waals surface area contributed by atoms with Gasteiger partial charge in [0, 0.05) is 37.0 Å². The van der Waals surface area contributed by atoms with Crippen molar-refractivity contribution in [3.8, 4) is 17.3 Å². The summed E-state index contributed by atoms with van der Waals surface area (Å²) >= 11 is 0. The summed E-state index contributed by atoms with van der Waals surface area (Å²) in [5, 5.41) is 0. The number of imidazole rings is 1. The highest BCUT2D eigenvalue weighted by Gasteiger charge is 2.33. The number of halogens is 2. The molecule has 4 aromatic rings. The molecule has 0 unspecified atom stereocenters. The number of likely N-dealkylation sites (tertiary alicyclic amines) is 1. The minimum atomic E-state index is -2.67. The van der Waals surface area contributed by atoms with E-state index in [0.29, 0.717) is 24.2 Å². The quantitative estimate of drug-likeness (QED) is 0.444. The van der Waals surface area contributed by atoms with Gasteiger partial charge in [0.1, 0.15) is 17.5 Å². The molecule has 0 N–H and O–H groups in total. The van der Waals surface area contributed by atoms with Crippen molar-refractivity contribution in [2.24, 2.45) is 0 Å². The second kappa shape index (κ2) is 9.08. The van der Waals surface area contributed by atoms with Gasteiger partial charge in [-0.05, 0) is 31.9 Å². The van der Waals surface area contributed by atoms with Gasteiger partial charge in [-0.3, -0.25) is 19.2 Å². The molecule has 174 valence electrons. The van der Waals surface area contributed by atoms with Crippen molar-refractivity contribution < 1.29 is 18.3 Å². The minimum Gasteiger partial charge on any atom is -0.470 e. The number of carbonyl (C=O) groups excluding carboxylic acids is 1. The Bertz CT molecular complexity index is 1320. The summed E-state index contributed by atoms with van der Waals surface area (Å²) in [7, 11) is 0. The molecule has 34 heavy (non-hydrogen) atoms. The lowest BCUT2D eigenvalue weighted by atomic mass is 10.0. The number of rotatable bonds is 5. The Balaban J connectivity index is 1.40.